The van der Waals surface area contributed by atoms with Gasteiger partial charge in [-0.25, -0.2) is 19.8 Å². The summed E-state index contributed by atoms with van der Waals surface area (Å²) in [4.78, 5) is 7.80. The van der Waals surface area contributed by atoms with Crippen molar-refractivity contribution in [1.82, 2.24) is 15.4 Å². The molecule has 5 heteroatoms. The van der Waals surface area contributed by atoms with Crippen LogP contribution in [0.15, 0.2) is 36.9 Å². The molecule has 1 unspecified atom stereocenters. The van der Waals surface area contributed by atoms with Crippen molar-refractivity contribution in [1.29, 1.82) is 0 Å². The molecule has 0 aliphatic rings. The largest absolute Gasteiger partial charge is 0.271 e. The van der Waals surface area contributed by atoms with Gasteiger partial charge in [0.15, 0.2) is 0 Å². The van der Waals surface area contributed by atoms with Crippen molar-refractivity contribution in [2.75, 3.05) is 0 Å². The molecule has 4 nitrogen and oxygen atoms in total. The molecule has 1 aromatic carbocycles. The molecule has 2 rings (SSSR count). The maximum Gasteiger partial charge on any atom is 0.131 e. The summed E-state index contributed by atoms with van der Waals surface area (Å²) in [5.74, 6) is 5.22. The summed E-state index contributed by atoms with van der Waals surface area (Å²) in [7, 11) is 0. The van der Waals surface area contributed by atoms with Crippen LogP contribution in [0, 0.1) is 12.7 Å². The van der Waals surface area contributed by atoms with E-state index in [1.807, 2.05) is 0 Å². The van der Waals surface area contributed by atoms with Gasteiger partial charge in [-0.2, -0.15) is 0 Å². The number of hydrogen-bond acceptors (Lipinski definition) is 4. The van der Waals surface area contributed by atoms with Crippen molar-refractivity contribution in [3.8, 4) is 0 Å². The first-order valence-electron chi connectivity index (χ1n) is 5.20. The smallest absolute Gasteiger partial charge is 0.131 e. The van der Waals surface area contributed by atoms with E-state index in [4.69, 9.17) is 5.84 Å². The maximum absolute atomic E-state index is 14.0. The lowest BCUT2D eigenvalue weighted by atomic mass is 9.99. The highest BCUT2D eigenvalue weighted by Crippen LogP contribution is 2.24. The fourth-order valence-electron chi connectivity index (χ4n) is 1.72. The number of nitrogens with zero attached hydrogens (tertiary/aromatic N) is 2. The Morgan fingerprint density at radius 1 is 1.29 bits per heavy atom. The third-order valence-electron chi connectivity index (χ3n) is 2.61. The first kappa shape index (κ1) is 11.6. The van der Waals surface area contributed by atoms with Crippen molar-refractivity contribution >= 4 is 0 Å². The Balaban J connectivity index is 2.46. The Bertz CT molecular complexity index is 501. The van der Waals surface area contributed by atoms with E-state index in [1.165, 1.54) is 6.33 Å². The van der Waals surface area contributed by atoms with E-state index in [-0.39, 0.29) is 5.82 Å². The van der Waals surface area contributed by atoms with E-state index in [2.05, 4.69) is 15.4 Å². The van der Waals surface area contributed by atoms with Crippen molar-refractivity contribution in [2.45, 2.75) is 13.0 Å². The molecule has 0 saturated heterocycles. The zero-order valence-electron chi connectivity index (χ0n) is 9.39. The molecule has 0 aliphatic carbocycles. The summed E-state index contributed by atoms with van der Waals surface area (Å²) in [5.41, 5.74) is 4.38. The minimum absolute atomic E-state index is 0.265. The molecule has 2 aromatic rings. The van der Waals surface area contributed by atoms with Crippen molar-refractivity contribution < 1.29 is 4.39 Å². The van der Waals surface area contributed by atoms with Crippen LogP contribution in [0.2, 0.25) is 0 Å². The second-order valence-corrected chi connectivity index (χ2v) is 3.75. The van der Waals surface area contributed by atoms with Gasteiger partial charge >= 0.3 is 0 Å². The van der Waals surface area contributed by atoms with Gasteiger partial charge in [0.1, 0.15) is 12.1 Å². The van der Waals surface area contributed by atoms with Crippen molar-refractivity contribution in [3.63, 3.8) is 0 Å². The minimum atomic E-state index is -0.448. The molecule has 0 spiro atoms. The number of nitrogens with two attached hydrogens (primary N) is 1. The monoisotopic (exact) mass is 232 g/mol. The summed E-state index contributed by atoms with van der Waals surface area (Å²) in [6, 6.07) is 4.76. The number of aromatic nitrogens is 2. The molecular weight excluding hydrogens is 219 g/mol. The number of rotatable bonds is 3. The average molecular weight is 232 g/mol. The topological polar surface area (TPSA) is 63.8 Å². The zero-order chi connectivity index (χ0) is 12.3. The van der Waals surface area contributed by atoms with Gasteiger partial charge in [0.05, 0.1) is 6.04 Å². The van der Waals surface area contributed by atoms with Crippen LogP contribution in [-0.2, 0) is 0 Å². The predicted molar refractivity (Wildman–Crippen MR) is 62.3 cm³/mol. The zero-order valence-corrected chi connectivity index (χ0v) is 9.39. The van der Waals surface area contributed by atoms with Gasteiger partial charge in [-0.3, -0.25) is 5.84 Å². The molecule has 88 valence electrons. The first-order chi connectivity index (χ1) is 8.24. The van der Waals surface area contributed by atoms with Crippen LogP contribution in [0.25, 0.3) is 0 Å². The molecule has 3 N–H and O–H groups in total. The summed E-state index contributed by atoms with van der Waals surface area (Å²) < 4.78 is 14.0. The second kappa shape index (κ2) is 4.99. The Hall–Kier alpha value is -1.85. The first-order valence-corrected chi connectivity index (χ1v) is 5.20. The average Bonchev–Trinajstić information content (AvgIpc) is 2.37. The highest BCUT2D eigenvalue weighted by Gasteiger charge is 2.17. The van der Waals surface area contributed by atoms with Gasteiger partial charge < -0.3 is 0 Å². The molecule has 0 bridgehead atoms. The number of benzene rings is 1. The highest BCUT2D eigenvalue weighted by atomic mass is 19.1. The number of hydrazine groups is 1. The highest BCUT2D eigenvalue weighted by molar-refractivity contribution is 5.33. The summed E-state index contributed by atoms with van der Waals surface area (Å²) in [5, 5.41) is 0. The third-order valence-corrected chi connectivity index (χ3v) is 2.61. The molecule has 0 saturated carbocycles. The van der Waals surface area contributed by atoms with Gasteiger partial charge in [-0.15, -0.1) is 0 Å². The van der Waals surface area contributed by atoms with Crippen LogP contribution in [0.1, 0.15) is 22.7 Å². The van der Waals surface area contributed by atoms with E-state index >= 15 is 0 Å². The Morgan fingerprint density at radius 2 is 2.00 bits per heavy atom. The maximum atomic E-state index is 14.0. The van der Waals surface area contributed by atoms with Gasteiger partial charge in [-0.05, 0) is 12.5 Å². The lowest BCUT2D eigenvalue weighted by Gasteiger charge is -2.17. The molecule has 1 heterocycles. The van der Waals surface area contributed by atoms with Crippen molar-refractivity contribution in [3.05, 3.63) is 59.4 Å². The lowest BCUT2D eigenvalue weighted by molar-refractivity contribution is 0.553. The Morgan fingerprint density at radius 3 is 2.65 bits per heavy atom. The molecule has 0 amide bonds. The number of hydrogen-bond donors (Lipinski definition) is 2. The normalized spacial score (nSPS) is 12.4. The molecule has 1 atom stereocenters. The van der Waals surface area contributed by atoms with E-state index in [1.54, 1.807) is 37.5 Å². The SMILES string of the molecule is Cc1cccc(C(NN)c2cncnc2)c1F. The second-order valence-electron chi connectivity index (χ2n) is 3.75. The van der Waals surface area contributed by atoms with Crippen LogP contribution < -0.4 is 11.3 Å². The minimum Gasteiger partial charge on any atom is -0.271 e. The number of nitrogens with one attached hydrogen (secondary N) is 1. The summed E-state index contributed by atoms with van der Waals surface area (Å²) in [6.07, 6.45) is 4.64. The standard InChI is InChI=1S/C12H13FN4/c1-8-3-2-4-10(11(8)13)12(17-14)9-5-15-7-16-6-9/h2-7,12,17H,14H2,1H3. The van der Waals surface area contributed by atoms with Gasteiger partial charge in [0, 0.05) is 23.5 Å². The van der Waals surface area contributed by atoms with E-state index in [0.29, 0.717) is 11.1 Å². The van der Waals surface area contributed by atoms with Crippen LogP contribution in [-0.4, -0.2) is 9.97 Å². The molecule has 0 radical (unpaired) electrons. The molecule has 0 fully saturated rings. The van der Waals surface area contributed by atoms with Crippen LogP contribution in [0.4, 0.5) is 4.39 Å². The third kappa shape index (κ3) is 2.30. The van der Waals surface area contributed by atoms with Gasteiger partial charge in [0.25, 0.3) is 0 Å². The van der Waals surface area contributed by atoms with Gasteiger partial charge in [0.2, 0.25) is 0 Å². The number of aryl methyl sites for hydroxylation is 1. The predicted octanol–water partition coefficient (Wildman–Crippen LogP) is 1.48. The Labute approximate surface area is 98.7 Å². The van der Waals surface area contributed by atoms with Gasteiger partial charge in [-0.1, -0.05) is 18.2 Å². The molecule has 17 heavy (non-hydrogen) atoms. The summed E-state index contributed by atoms with van der Waals surface area (Å²) >= 11 is 0. The van der Waals surface area contributed by atoms with Crippen LogP contribution >= 0.6 is 0 Å². The lowest BCUT2D eigenvalue weighted by Crippen LogP contribution is -2.29. The molecule has 0 aliphatic heterocycles. The molecular formula is C12H13FN4. The van der Waals surface area contributed by atoms with Crippen molar-refractivity contribution in [2.24, 2.45) is 5.84 Å². The van der Waals surface area contributed by atoms with E-state index < -0.39 is 6.04 Å². The molecule has 1 aromatic heterocycles. The number of halogens is 1. The van der Waals surface area contributed by atoms with Crippen LogP contribution in [0.5, 0.6) is 0 Å². The fraction of sp³-hybridized carbons (Fsp3) is 0.167. The fourth-order valence-corrected chi connectivity index (χ4v) is 1.72. The Kier molecular flexibility index (Phi) is 3.41. The van der Waals surface area contributed by atoms with E-state index in [0.717, 1.165) is 5.56 Å². The summed E-state index contributed by atoms with van der Waals surface area (Å²) in [6.45, 7) is 1.72. The quantitative estimate of drug-likeness (QED) is 0.621. The van der Waals surface area contributed by atoms with Crippen LogP contribution in [0.3, 0.4) is 0 Å². The van der Waals surface area contributed by atoms with E-state index in [9.17, 15) is 4.39 Å².